The highest BCUT2D eigenvalue weighted by atomic mass is 35.5. The van der Waals surface area contributed by atoms with Crippen molar-refractivity contribution in [2.75, 3.05) is 10.6 Å². The lowest BCUT2D eigenvalue weighted by Gasteiger charge is -2.15. The van der Waals surface area contributed by atoms with Crippen molar-refractivity contribution in [1.82, 2.24) is 9.97 Å². The fourth-order valence-electron chi connectivity index (χ4n) is 3.17. The normalized spacial score (nSPS) is 10.9. The minimum Gasteiger partial charge on any atom is -0.338 e. The number of rotatable bonds is 4. The average molecular weight is 508 g/mol. The van der Waals surface area contributed by atoms with Crippen LogP contribution in [0.1, 0.15) is 17.3 Å². The summed E-state index contributed by atoms with van der Waals surface area (Å²) >= 11 is 25.5. The molecule has 4 rings (SSSR count). The predicted molar refractivity (Wildman–Crippen MR) is 130 cm³/mol. The molecule has 0 aliphatic heterocycles. The first kappa shape index (κ1) is 22.4. The monoisotopic (exact) mass is 506 g/mol. The number of fused-ring (bicyclic) bond motifs is 1. The first-order valence-electron chi connectivity index (χ1n) is 9.26. The van der Waals surface area contributed by atoms with Crippen LogP contribution < -0.4 is 10.6 Å². The van der Waals surface area contributed by atoms with E-state index in [1.807, 2.05) is 24.3 Å². The fraction of sp³-hybridized carbons (Fsp3) is 0.0455. The number of nitrogens with one attached hydrogen (secondary N) is 3. The quantitative estimate of drug-likeness (QED) is 0.204. The minimum atomic E-state index is -0.557. The largest absolute Gasteiger partial charge is 0.338 e. The van der Waals surface area contributed by atoms with Gasteiger partial charge in [-0.05, 0) is 36.4 Å². The summed E-state index contributed by atoms with van der Waals surface area (Å²) in [6, 6.07) is 13.9. The molecule has 3 N–H and O–H groups in total. The molecule has 0 atom stereocenters. The molecule has 0 unspecified atom stereocenters. The van der Waals surface area contributed by atoms with Gasteiger partial charge in [0.25, 0.3) is 5.91 Å². The summed E-state index contributed by atoms with van der Waals surface area (Å²) in [5.74, 6) is -0.435. The van der Waals surface area contributed by atoms with Crippen LogP contribution in [0.3, 0.4) is 0 Å². The zero-order valence-corrected chi connectivity index (χ0v) is 19.4. The summed E-state index contributed by atoms with van der Waals surface area (Å²) in [6.45, 7) is 1.41. The van der Waals surface area contributed by atoms with E-state index in [0.29, 0.717) is 22.7 Å². The van der Waals surface area contributed by atoms with Gasteiger partial charge in [0, 0.05) is 18.3 Å². The molecule has 0 bridgehead atoms. The van der Waals surface area contributed by atoms with Gasteiger partial charge >= 0.3 is 0 Å². The molecule has 0 radical (unpaired) electrons. The zero-order chi connectivity index (χ0) is 23.0. The van der Waals surface area contributed by atoms with E-state index in [0.717, 1.165) is 5.52 Å². The summed E-state index contributed by atoms with van der Waals surface area (Å²) in [5, 5.41) is 5.39. The molecule has 1 aromatic heterocycles. The van der Waals surface area contributed by atoms with E-state index < -0.39 is 5.91 Å². The number of hydrogen-bond acceptors (Lipinski definition) is 3. The SMILES string of the molecule is CC(=O)Nc1ccc(NC(=O)c2c(Cl)c(Cl)c(Cl)c(Cl)c2-c2nc3ccccc3[nH]2)cc1. The van der Waals surface area contributed by atoms with Crippen molar-refractivity contribution >= 4 is 80.6 Å². The molecule has 162 valence electrons. The van der Waals surface area contributed by atoms with Crippen LogP contribution in [0.5, 0.6) is 0 Å². The summed E-state index contributed by atoms with van der Waals surface area (Å²) < 4.78 is 0. The molecule has 0 saturated heterocycles. The average Bonchev–Trinajstić information content (AvgIpc) is 3.19. The number of hydrogen-bond donors (Lipinski definition) is 3. The van der Waals surface area contributed by atoms with Crippen molar-refractivity contribution < 1.29 is 9.59 Å². The molecule has 0 fully saturated rings. The number of H-pyrrole nitrogens is 1. The van der Waals surface area contributed by atoms with Gasteiger partial charge in [0.2, 0.25) is 5.91 Å². The molecule has 1 heterocycles. The molecule has 2 amide bonds. The maximum absolute atomic E-state index is 13.3. The first-order valence-corrected chi connectivity index (χ1v) is 10.8. The van der Waals surface area contributed by atoms with Gasteiger partial charge in [-0.25, -0.2) is 4.98 Å². The standard InChI is InChI=1S/C22H14Cl4N4O2/c1-10(31)27-11-6-8-12(9-7-11)28-22(32)16-15(17(23)19(25)20(26)18(16)24)21-29-13-4-2-3-5-14(13)30-21/h2-9H,1H3,(H,27,31)(H,28,32)(H,29,30). The second-order valence-corrected chi connectivity index (χ2v) is 8.33. The Kier molecular flexibility index (Phi) is 6.31. The number of amides is 2. The fourth-order valence-corrected chi connectivity index (χ4v) is 4.20. The zero-order valence-electron chi connectivity index (χ0n) is 16.4. The Morgan fingerprint density at radius 2 is 1.41 bits per heavy atom. The van der Waals surface area contributed by atoms with Crippen molar-refractivity contribution in [3.8, 4) is 11.4 Å². The third-order valence-corrected chi connectivity index (χ3v) is 6.39. The first-order chi connectivity index (χ1) is 15.3. The van der Waals surface area contributed by atoms with Crippen molar-refractivity contribution in [3.05, 3.63) is 74.2 Å². The molecule has 6 nitrogen and oxygen atoms in total. The molecule has 3 aromatic carbocycles. The number of aromatic nitrogens is 2. The molecule has 0 aliphatic carbocycles. The van der Waals surface area contributed by atoms with E-state index in [1.165, 1.54) is 6.92 Å². The highest BCUT2D eigenvalue weighted by Gasteiger charge is 2.27. The molecular weight excluding hydrogens is 494 g/mol. The van der Waals surface area contributed by atoms with E-state index in [1.54, 1.807) is 24.3 Å². The highest BCUT2D eigenvalue weighted by Crippen LogP contribution is 2.45. The van der Waals surface area contributed by atoms with E-state index in [9.17, 15) is 9.59 Å². The topological polar surface area (TPSA) is 86.9 Å². The number of aromatic amines is 1. The molecule has 4 aromatic rings. The Bertz CT molecular complexity index is 1330. The number of halogens is 4. The van der Waals surface area contributed by atoms with Crippen molar-refractivity contribution in [2.45, 2.75) is 6.92 Å². The van der Waals surface area contributed by atoms with Gasteiger partial charge in [-0.1, -0.05) is 58.5 Å². The van der Waals surface area contributed by atoms with Crippen LogP contribution in [0.4, 0.5) is 11.4 Å². The Morgan fingerprint density at radius 3 is 2.03 bits per heavy atom. The van der Waals surface area contributed by atoms with Gasteiger partial charge in [-0.2, -0.15) is 0 Å². The Balaban J connectivity index is 1.79. The van der Waals surface area contributed by atoms with Crippen LogP contribution in [0, 0.1) is 0 Å². The van der Waals surface area contributed by atoms with Crippen LogP contribution in [0.2, 0.25) is 20.1 Å². The number of nitrogens with zero attached hydrogens (tertiary/aromatic N) is 1. The smallest absolute Gasteiger partial charge is 0.258 e. The van der Waals surface area contributed by atoms with Gasteiger partial charge in [0.1, 0.15) is 5.82 Å². The van der Waals surface area contributed by atoms with Gasteiger partial charge < -0.3 is 15.6 Å². The summed E-state index contributed by atoms with van der Waals surface area (Å²) in [6.07, 6.45) is 0. The van der Waals surface area contributed by atoms with E-state index in [-0.39, 0.29) is 37.1 Å². The molecule has 10 heteroatoms. The van der Waals surface area contributed by atoms with Crippen LogP contribution >= 0.6 is 46.4 Å². The van der Waals surface area contributed by atoms with Crippen molar-refractivity contribution in [1.29, 1.82) is 0 Å². The number of benzene rings is 3. The van der Waals surface area contributed by atoms with Crippen LogP contribution in [0.15, 0.2) is 48.5 Å². The summed E-state index contributed by atoms with van der Waals surface area (Å²) in [4.78, 5) is 32.1. The molecule has 0 aliphatic rings. The lowest BCUT2D eigenvalue weighted by Crippen LogP contribution is -2.15. The molecule has 0 saturated carbocycles. The predicted octanol–water partition coefficient (Wildman–Crippen LogP) is 7.05. The Morgan fingerprint density at radius 1 is 0.812 bits per heavy atom. The van der Waals surface area contributed by atoms with Crippen LogP contribution in [-0.4, -0.2) is 21.8 Å². The molecule has 32 heavy (non-hydrogen) atoms. The number of imidazole rings is 1. The minimum absolute atomic E-state index is 0.0185. The van der Waals surface area contributed by atoms with E-state index >= 15 is 0 Å². The summed E-state index contributed by atoms with van der Waals surface area (Å²) in [5.41, 5.74) is 2.75. The summed E-state index contributed by atoms with van der Waals surface area (Å²) in [7, 11) is 0. The lowest BCUT2D eigenvalue weighted by atomic mass is 10.1. The number of para-hydroxylation sites is 2. The Labute approximate surface area is 202 Å². The maximum Gasteiger partial charge on any atom is 0.258 e. The number of anilines is 2. The van der Waals surface area contributed by atoms with Crippen LogP contribution in [-0.2, 0) is 4.79 Å². The van der Waals surface area contributed by atoms with E-state index in [4.69, 9.17) is 46.4 Å². The van der Waals surface area contributed by atoms with Gasteiger partial charge in [0.05, 0.1) is 42.3 Å². The lowest BCUT2D eigenvalue weighted by molar-refractivity contribution is -0.114. The van der Waals surface area contributed by atoms with E-state index in [2.05, 4.69) is 20.6 Å². The second kappa shape index (κ2) is 9.00. The third kappa shape index (κ3) is 4.27. The van der Waals surface area contributed by atoms with Crippen molar-refractivity contribution in [2.24, 2.45) is 0 Å². The number of carbonyl (C=O) groups excluding carboxylic acids is 2. The second-order valence-electron chi connectivity index (χ2n) is 6.82. The highest BCUT2D eigenvalue weighted by molar-refractivity contribution is 6.54. The number of carbonyl (C=O) groups is 2. The Hall–Kier alpha value is -2.77. The molecule has 0 spiro atoms. The molecular formula is C22H14Cl4N4O2. The van der Waals surface area contributed by atoms with Gasteiger partial charge in [-0.15, -0.1) is 0 Å². The van der Waals surface area contributed by atoms with Crippen molar-refractivity contribution in [3.63, 3.8) is 0 Å². The van der Waals surface area contributed by atoms with Gasteiger partial charge in [-0.3, -0.25) is 9.59 Å². The maximum atomic E-state index is 13.3. The third-order valence-electron chi connectivity index (χ3n) is 4.58. The van der Waals surface area contributed by atoms with Crippen LogP contribution in [0.25, 0.3) is 22.4 Å². The van der Waals surface area contributed by atoms with Gasteiger partial charge in [0.15, 0.2) is 0 Å².